The molecule has 5 aromatic rings. The highest BCUT2D eigenvalue weighted by Crippen LogP contribution is 2.38. The van der Waals surface area contributed by atoms with Gasteiger partial charge in [0.05, 0.1) is 30.2 Å². The van der Waals surface area contributed by atoms with Crippen molar-refractivity contribution in [1.29, 1.82) is 0 Å². The number of halogens is 2. The maximum absolute atomic E-state index is 13.8. The molecule has 0 spiro atoms. The zero-order valence-electron chi connectivity index (χ0n) is 16.3. The predicted octanol–water partition coefficient (Wildman–Crippen LogP) is 4.54. The quantitative estimate of drug-likeness (QED) is 0.349. The molecule has 31 heavy (non-hydrogen) atoms. The summed E-state index contributed by atoms with van der Waals surface area (Å²) < 4.78 is 27.1. The van der Waals surface area contributed by atoms with E-state index in [4.69, 9.17) is 0 Å². The van der Waals surface area contributed by atoms with Crippen molar-refractivity contribution in [1.82, 2.24) is 30.5 Å². The molecule has 8 heteroatoms. The SMILES string of the molecule is Fc1ccc(-c2cnc(C3Cc4c([nH]c5cc(F)ccc45)C(c4cn[nH]c4)N3)[nH]2)cc1. The maximum atomic E-state index is 13.8. The van der Waals surface area contributed by atoms with Crippen LogP contribution in [0.15, 0.2) is 61.1 Å². The molecule has 3 aromatic heterocycles. The maximum Gasteiger partial charge on any atom is 0.125 e. The molecule has 0 radical (unpaired) electrons. The fourth-order valence-corrected chi connectivity index (χ4v) is 4.41. The van der Waals surface area contributed by atoms with Crippen LogP contribution in [-0.4, -0.2) is 25.1 Å². The molecule has 0 bridgehead atoms. The molecule has 1 aliphatic heterocycles. The highest BCUT2D eigenvalue weighted by Gasteiger charge is 2.33. The lowest BCUT2D eigenvalue weighted by atomic mass is 9.91. The number of nitrogens with one attached hydrogen (secondary N) is 4. The Morgan fingerprint density at radius 2 is 1.77 bits per heavy atom. The first-order chi connectivity index (χ1) is 15.2. The average Bonchev–Trinajstić information content (AvgIpc) is 3.53. The molecule has 0 fully saturated rings. The van der Waals surface area contributed by atoms with E-state index in [0.717, 1.165) is 44.8 Å². The lowest BCUT2D eigenvalue weighted by Crippen LogP contribution is -2.34. The van der Waals surface area contributed by atoms with Crippen molar-refractivity contribution in [3.8, 4) is 11.3 Å². The minimum atomic E-state index is -0.274. The summed E-state index contributed by atoms with van der Waals surface area (Å²) >= 11 is 0. The molecule has 6 nitrogen and oxygen atoms in total. The number of hydrogen-bond acceptors (Lipinski definition) is 3. The van der Waals surface area contributed by atoms with E-state index in [2.05, 4.69) is 30.5 Å². The highest BCUT2D eigenvalue weighted by molar-refractivity contribution is 5.85. The Morgan fingerprint density at radius 3 is 2.58 bits per heavy atom. The Kier molecular flexibility index (Phi) is 4.00. The summed E-state index contributed by atoms with van der Waals surface area (Å²) in [5, 5.41) is 11.6. The van der Waals surface area contributed by atoms with E-state index in [9.17, 15) is 8.78 Å². The second-order valence-corrected chi connectivity index (χ2v) is 7.78. The summed E-state index contributed by atoms with van der Waals surface area (Å²) in [6.45, 7) is 0. The Balaban J connectivity index is 1.42. The molecule has 2 unspecified atom stereocenters. The minimum absolute atomic E-state index is 0.0920. The van der Waals surface area contributed by atoms with Gasteiger partial charge in [0, 0.05) is 28.4 Å². The van der Waals surface area contributed by atoms with Gasteiger partial charge in [-0.3, -0.25) is 10.4 Å². The van der Waals surface area contributed by atoms with Crippen LogP contribution in [0.25, 0.3) is 22.2 Å². The molecule has 2 atom stereocenters. The molecule has 6 rings (SSSR count). The molecule has 0 saturated heterocycles. The first kappa shape index (κ1) is 18.0. The summed E-state index contributed by atoms with van der Waals surface area (Å²) in [7, 11) is 0. The molecule has 4 N–H and O–H groups in total. The highest BCUT2D eigenvalue weighted by atomic mass is 19.1. The van der Waals surface area contributed by atoms with Crippen LogP contribution in [0.5, 0.6) is 0 Å². The fourth-order valence-electron chi connectivity index (χ4n) is 4.41. The minimum Gasteiger partial charge on any atom is -0.356 e. The first-order valence-corrected chi connectivity index (χ1v) is 10.0. The molecule has 0 aliphatic carbocycles. The van der Waals surface area contributed by atoms with Crippen molar-refractivity contribution in [3.63, 3.8) is 0 Å². The summed E-state index contributed by atoms with van der Waals surface area (Å²) in [6.07, 6.45) is 6.08. The molecule has 4 heterocycles. The molecular formula is C23H18F2N6. The van der Waals surface area contributed by atoms with Crippen molar-refractivity contribution in [2.24, 2.45) is 0 Å². The smallest absolute Gasteiger partial charge is 0.125 e. The third-order valence-electron chi connectivity index (χ3n) is 5.90. The molecular weight excluding hydrogens is 398 g/mol. The van der Waals surface area contributed by atoms with Crippen LogP contribution in [-0.2, 0) is 6.42 Å². The number of H-pyrrole nitrogens is 3. The van der Waals surface area contributed by atoms with Gasteiger partial charge in [-0.05, 0) is 60.0 Å². The molecule has 1 aliphatic rings. The summed E-state index contributed by atoms with van der Waals surface area (Å²) in [5.41, 5.74) is 5.57. The van der Waals surface area contributed by atoms with E-state index in [0.29, 0.717) is 6.42 Å². The number of aromatic nitrogens is 5. The summed E-state index contributed by atoms with van der Waals surface area (Å²) in [5.74, 6) is 0.240. The average molecular weight is 416 g/mol. The predicted molar refractivity (Wildman–Crippen MR) is 112 cm³/mol. The number of rotatable bonds is 3. The number of imidazole rings is 1. The van der Waals surface area contributed by atoms with Gasteiger partial charge in [-0.25, -0.2) is 13.8 Å². The zero-order chi connectivity index (χ0) is 20.9. The van der Waals surface area contributed by atoms with Crippen LogP contribution in [0.3, 0.4) is 0 Å². The van der Waals surface area contributed by atoms with Crippen molar-refractivity contribution < 1.29 is 8.78 Å². The number of aromatic amines is 3. The Morgan fingerprint density at radius 1 is 0.935 bits per heavy atom. The summed E-state index contributed by atoms with van der Waals surface area (Å²) in [4.78, 5) is 11.4. The van der Waals surface area contributed by atoms with Gasteiger partial charge in [0.2, 0.25) is 0 Å². The Labute approximate surface area is 175 Å². The van der Waals surface area contributed by atoms with E-state index in [1.807, 2.05) is 12.3 Å². The second-order valence-electron chi connectivity index (χ2n) is 7.78. The topological polar surface area (TPSA) is 85.2 Å². The Hall–Kier alpha value is -3.78. The largest absolute Gasteiger partial charge is 0.356 e. The second kappa shape index (κ2) is 6.88. The van der Waals surface area contributed by atoms with Crippen molar-refractivity contribution in [3.05, 3.63) is 95.3 Å². The van der Waals surface area contributed by atoms with Crippen LogP contribution in [0.2, 0.25) is 0 Å². The van der Waals surface area contributed by atoms with E-state index in [1.165, 1.54) is 24.3 Å². The lowest BCUT2D eigenvalue weighted by Gasteiger charge is -2.30. The monoisotopic (exact) mass is 416 g/mol. The third-order valence-corrected chi connectivity index (χ3v) is 5.90. The number of hydrogen-bond donors (Lipinski definition) is 4. The molecule has 2 aromatic carbocycles. The van der Waals surface area contributed by atoms with Crippen LogP contribution < -0.4 is 5.32 Å². The molecule has 154 valence electrons. The van der Waals surface area contributed by atoms with Crippen LogP contribution in [0.4, 0.5) is 8.78 Å². The van der Waals surface area contributed by atoms with Crippen LogP contribution in [0.1, 0.15) is 34.7 Å². The van der Waals surface area contributed by atoms with Gasteiger partial charge in [-0.2, -0.15) is 5.10 Å². The third kappa shape index (κ3) is 3.03. The van der Waals surface area contributed by atoms with Crippen molar-refractivity contribution >= 4 is 10.9 Å². The van der Waals surface area contributed by atoms with Crippen LogP contribution in [0, 0.1) is 11.6 Å². The van der Waals surface area contributed by atoms with Gasteiger partial charge in [-0.15, -0.1) is 0 Å². The molecule has 0 amide bonds. The van der Waals surface area contributed by atoms with Gasteiger partial charge in [0.15, 0.2) is 0 Å². The number of nitrogens with zero attached hydrogens (tertiary/aromatic N) is 2. The van der Waals surface area contributed by atoms with Gasteiger partial charge in [0.1, 0.15) is 17.5 Å². The van der Waals surface area contributed by atoms with Gasteiger partial charge in [0.25, 0.3) is 0 Å². The van der Waals surface area contributed by atoms with Crippen molar-refractivity contribution in [2.45, 2.75) is 18.5 Å². The standard InChI is InChI=1S/C23H18F2N6/c24-14-3-1-12(2-4-14)20-11-26-23(31-20)19-8-17-16-6-5-15(25)7-18(16)29-22(17)21(30-19)13-9-27-28-10-13/h1-7,9-11,19,21,29-30H,8H2,(H,26,31)(H,27,28). The van der Waals surface area contributed by atoms with Crippen LogP contribution >= 0.6 is 0 Å². The fraction of sp³-hybridized carbons (Fsp3) is 0.130. The van der Waals surface area contributed by atoms with E-state index in [1.54, 1.807) is 24.5 Å². The number of benzene rings is 2. The zero-order valence-corrected chi connectivity index (χ0v) is 16.3. The Bertz CT molecular complexity index is 1370. The summed E-state index contributed by atoms with van der Waals surface area (Å²) in [6, 6.07) is 10.9. The molecule has 0 saturated carbocycles. The van der Waals surface area contributed by atoms with E-state index >= 15 is 0 Å². The van der Waals surface area contributed by atoms with Gasteiger partial charge in [-0.1, -0.05) is 0 Å². The number of fused-ring (bicyclic) bond motifs is 3. The van der Waals surface area contributed by atoms with Crippen molar-refractivity contribution in [2.75, 3.05) is 0 Å². The van der Waals surface area contributed by atoms with E-state index in [-0.39, 0.29) is 23.7 Å². The van der Waals surface area contributed by atoms with Gasteiger partial charge < -0.3 is 9.97 Å². The van der Waals surface area contributed by atoms with Gasteiger partial charge >= 0.3 is 0 Å². The first-order valence-electron chi connectivity index (χ1n) is 10.0. The lowest BCUT2D eigenvalue weighted by molar-refractivity contribution is 0.433. The van der Waals surface area contributed by atoms with E-state index < -0.39 is 0 Å². The normalized spacial score (nSPS) is 18.4.